The van der Waals surface area contributed by atoms with Crippen LogP contribution in [0, 0.1) is 5.82 Å². The lowest BCUT2D eigenvalue weighted by atomic mass is 9.99. The van der Waals surface area contributed by atoms with Crippen LogP contribution in [-0.2, 0) is 10.0 Å². The van der Waals surface area contributed by atoms with E-state index in [1.807, 2.05) is 0 Å². The molecule has 1 saturated carbocycles. The van der Waals surface area contributed by atoms with E-state index < -0.39 is 15.8 Å². The normalized spacial score (nSPS) is 25.4. The molecule has 1 atom stereocenters. The highest BCUT2D eigenvalue weighted by Crippen LogP contribution is 2.34. The standard InChI is InChI=1S/C12H16FN3O2S/c13-10-6-14-12(15-7-10)9-2-1-5-16(8-9)19(17,18)11-3-4-11/h6-7,9,11H,1-5,8H2. The summed E-state index contributed by atoms with van der Waals surface area (Å²) in [6.45, 7) is 1.00. The number of aromatic nitrogens is 2. The minimum Gasteiger partial charge on any atom is -0.238 e. The van der Waals surface area contributed by atoms with Crippen LogP contribution < -0.4 is 0 Å². The van der Waals surface area contributed by atoms with Crippen LogP contribution in [0.4, 0.5) is 4.39 Å². The average Bonchev–Trinajstić information content (AvgIpc) is 3.24. The zero-order valence-corrected chi connectivity index (χ0v) is 11.3. The maximum absolute atomic E-state index is 12.8. The van der Waals surface area contributed by atoms with Crippen molar-refractivity contribution in [1.29, 1.82) is 0 Å². The lowest BCUT2D eigenvalue weighted by Crippen LogP contribution is -2.41. The zero-order valence-electron chi connectivity index (χ0n) is 10.5. The molecule has 2 fully saturated rings. The number of hydrogen-bond donors (Lipinski definition) is 0. The Kier molecular flexibility index (Phi) is 3.26. The van der Waals surface area contributed by atoms with Gasteiger partial charge in [0.2, 0.25) is 10.0 Å². The third kappa shape index (κ3) is 2.62. The molecule has 2 heterocycles. The van der Waals surface area contributed by atoms with Gasteiger partial charge >= 0.3 is 0 Å². The van der Waals surface area contributed by atoms with Crippen molar-refractivity contribution in [2.24, 2.45) is 0 Å². The largest absolute Gasteiger partial charge is 0.238 e. The summed E-state index contributed by atoms with van der Waals surface area (Å²) in [5.41, 5.74) is 0. The number of piperidine rings is 1. The van der Waals surface area contributed by atoms with Crippen LogP contribution in [-0.4, -0.2) is 41.0 Å². The molecule has 1 unspecified atom stereocenters. The third-order valence-electron chi connectivity index (χ3n) is 3.70. The second kappa shape index (κ2) is 4.79. The van der Waals surface area contributed by atoms with Crippen LogP contribution in [0.1, 0.15) is 37.4 Å². The lowest BCUT2D eigenvalue weighted by molar-refractivity contribution is 0.308. The van der Waals surface area contributed by atoms with Crippen molar-refractivity contribution in [3.63, 3.8) is 0 Å². The summed E-state index contributed by atoms with van der Waals surface area (Å²) >= 11 is 0. The molecule has 0 amide bonds. The Hall–Kier alpha value is -1.08. The van der Waals surface area contributed by atoms with E-state index in [9.17, 15) is 12.8 Å². The van der Waals surface area contributed by atoms with E-state index in [2.05, 4.69) is 9.97 Å². The number of nitrogens with zero attached hydrogens (tertiary/aromatic N) is 3. The van der Waals surface area contributed by atoms with Gasteiger partial charge < -0.3 is 0 Å². The Balaban J connectivity index is 1.76. The molecule has 1 aliphatic carbocycles. The van der Waals surface area contributed by atoms with Gasteiger partial charge in [-0.3, -0.25) is 0 Å². The van der Waals surface area contributed by atoms with Gasteiger partial charge in [0.25, 0.3) is 0 Å². The van der Waals surface area contributed by atoms with Crippen molar-refractivity contribution in [1.82, 2.24) is 14.3 Å². The fourth-order valence-corrected chi connectivity index (χ4v) is 4.42. The quantitative estimate of drug-likeness (QED) is 0.839. The molecule has 2 aliphatic rings. The van der Waals surface area contributed by atoms with Crippen molar-refractivity contribution in [2.45, 2.75) is 36.9 Å². The number of halogens is 1. The summed E-state index contributed by atoms with van der Waals surface area (Å²) in [5, 5.41) is -0.180. The first-order chi connectivity index (χ1) is 9.07. The predicted octanol–water partition coefficient (Wildman–Crippen LogP) is 1.29. The first kappa shape index (κ1) is 12.9. The number of rotatable bonds is 3. The summed E-state index contributed by atoms with van der Waals surface area (Å²) in [6.07, 6.45) is 5.47. The monoisotopic (exact) mass is 285 g/mol. The topological polar surface area (TPSA) is 63.2 Å². The Morgan fingerprint density at radius 2 is 1.89 bits per heavy atom. The number of sulfonamides is 1. The molecule has 7 heteroatoms. The molecule has 0 bridgehead atoms. The third-order valence-corrected chi connectivity index (χ3v) is 6.06. The molecular weight excluding hydrogens is 269 g/mol. The fraction of sp³-hybridized carbons (Fsp3) is 0.667. The fourth-order valence-electron chi connectivity index (χ4n) is 2.49. The first-order valence-corrected chi connectivity index (χ1v) is 8.04. The molecule has 1 saturated heterocycles. The zero-order chi connectivity index (χ0) is 13.5. The van der Waals surface area contributed by atoms with Gasteiger partial charge in [0, 0.05) is 19.0 Å². The van der Waals surface area contributed by atoms with Gasteiger partial charge in [-0.1, -0.05) is 0 Å². The van der Waals surface area contributed by atoms with E-state index in [4.69, 9.17) is 0 Å². The van der Waals surface area contributed by atoms with Crippen LogP contribution in [0.25, 0.3) is 0 Å². The van der Waals surface area contributed by atoms with Crippen LogP contribution >= 0.6 is 0 Å². The summed E-state index contributed by atoms with van der Waals surface area (Å²) in [4.78, 5) is 7.94. The van der Waals surface area contributed by atoms with E-state index in [-0.39, 0.29) is 11.2 Å². The van der Waals surface area contributed by atoms with Gasteiger partial charge in [-0.25, -0.2) is 27.1 Å². The van der Waals surface area contributed by atoms with E-state index in [1.54, 1.807) is 4.31 Å². The summed E-state index contributed by atoms with van der Waals surface area (Å²) in [7, 11) is -3.13. The van der Waals surface area contributed by atoms with Gasteiger partial charge in [-0.15, -0.1) is 0 Å². The number of hydrogen-bond acceptors (Lipinski definition) is 4. The van der Waals surface area contributed by atoms with Crippen molar-refractivity contribution < 1.29 is 12.8 Å². The Morgan fingerprint density at radius 3 is 2.53 bits per heavy atom. The molecular formula is C12H16FN3O2S. The van der Waals surface area contributed by atoms with Crippen LogP contribution in [0.3, 0.4) is 0 Å². The molecule has 19 heavy (non-hydrogen) atoms. The SMILES string of the molecule is O=S(=O)(C1CC1)N1CCCC(c2ncc(F)cn2)C1. The van der Waals surface area contributed by atoms with Crippen molar-refractivity contribution in [2.75, 3.05) is 13.1 Å². The molecule has 104 valence electrons. The minimum atomic E-state index is -3.13. The van der Waals surface area contributed by atoms with Gasteiger partial charge in [0.05, 0.1) is 17.6 Å². The molecule has 5 nitrogen and oxygen atoms in total. The molecule has 0 aromatic carbocycles. The highest BCUT2D eigenvalue weighted by Gasteiger charge is 2.42. The van der Waals surface area contributed by atoms with E-state index >= 15 is 0 Å². The van der Waals surface area contributed by atoms with Crippen LogP contribution in [0.15, 0.2) is 12.4 Å². The van der Waals surface area contributed by atoms with E-state index in [0.717, 1.165) is 38.1 Å². The highest BCUT2D eigenvalue weighted by atomic mass is 32.2. The minimum absolute atomic E-state index is 0.0251. The second-order valence-corrected chi connectivity index (χ2v) is 7.41. The molecule has 1 aromatic rings. The van der Waals surface area contributed by atoms with E-state index in [1.165, 1.54) is 0 Å². The molecule has 1 aliphatic heterocycles. The van der Waals surface area contributed by atoms with Crippen molar-refractivity contribution in [3.05, 3.63) is 24.0 Å². The Morgan fingerprint density at radius 1 is 1.21 bits per heavy atom. The Bertz CT molecular complexity index is 557. The summed E-state index contributed by atoms with van der Waals surface area (Å²) < 4.78 is 38.8. The average molecular weight is 285 g/mol. The highest BCUT2D eigenvalue weighted by molar-refractivity contribution is 7.90. The maximum atomic E-state index is 12.8. The molecule has 0 radical (unpaired) electrons. The maximum Gasteiger partial charge on any atom is 0.217 e. The lowest BCUT2D eigenvalue weighted by Gasteiger charge is -2.31. The van der Waals surface area contributed by atoms with Gasteiger partial charge in [-0.05, 0) is 25.7 Å². The van der Waals surface area contributed by atoms with Crippen molar-refractivity contribution in [3.8, 4) is 0 Å². The van der Waals surface area contributed by atoms with Gasteiger partial charge in [-0.2, -0.15) is 0 Å². The first-order valence-electron chi connectivity index (χ1n) is 6.54. The van der Waals surface area contributed by atoms with Gasteiger partial charge in [0.1, 0.15) is 5.82 Å². The smallest absolute Gasteiger partial charge is 0.217 e. The van der Waals surface area contributed by atoms with Crippen LogP contribution in [0.2, 0.25) is 0 Å². The predicted molar refractivity (Wildman–Crippen MR) is 67.5 cm³/mol. The van der Waals surface area contributed by atoms with Crippen molar-refractivity contribution >= 4 is 10.0 Å². The summed E-state index contributed by atoms with van der Waals surface area (Å²) in [6, 6.07) is 0. The summed E-state index contributed by atoms with van der Waals surface area (Å²) in [5.74, 6) is 0.0435. The Labute approximate surface area is 111 Å². The molecule has 1 aromatic heterocycles. The molecule has 0 N–H and O–H groups in total. The van der Waals surface area contributed by atoms with Crippen LogP contribution in [0.5, 0.6) is 0 Å². The second-order valence-electron chi connectivity index (χ2n) is 5.20. The molecule has 3 rings (SSSR count). The molecule has 0 spiro atoms. The van der Waals surface area contributed by atoms with E-state index in [0.29, 0.717) is 18.9 Å². The van der Waals surface area contributed by atoms with Gasteiger partial charge in [0.15, 0.2) is 5.82 Å².